The average molecular weight is 280 g/mol. The number of hydrogen-bond acceptors (Lipinski definition) is 5. The second-order valence-electron chi connectivity index (χ2n) is 4.64. The predicted molar refractivity (Wildman–Crippen MR) is 80.7 cm³/mol. The minimum absolute atomic E-state index is 0.0627. The molecule has 1 N–H and O–H groups in total. The monoisotopic (exact) mass is 280 g/mol. The Labute approximate surface area is 120 Å². The molecule has 3 rings (SSSR count). The molecule has 3 aromatic rings. The number of nitrogens with zero attached hydrogens (tertiary/aromatic N) is 3. The van der Waals surface area contributed by atoms with Crippen molar-refractivity contribution in [2.24, 2.45) is 0 Å². The Balaban J connectivity index is 1.92. The third-order valence-corrected chi connectivity index (χ3v) is 3.07. The predicted octanol–water partition coefficient (Wildman–Crippen LogP) is 3.59. The van der Waals surface area contributed by atoms with Crippen molar-refractivity contribution in [3.05, 3.63) is 64.5 Å². The number of hydrogen-bond donors (Lipinski definition) is 1. The van der Waals surface area contributed by atoms with Crippen molar-refractivity contribution >= 4 is 28.1 Å². The number of nitro groups is 1. The molecule has 0 aliphatic rings. The first-order valence-corrected chi connectivity index (χ1v) is 6.37. The Kier molecular flexibility index (Phi) is 3.19. The van der Waals surface area contributed by atoms with E-state index in [2.05, 4.69) is 15.3 Å². The van der Waals surface area contributed by atoms with Crippen LogP contribution in [0.15, 0.2) is 48.7 Å². The van der Waals surface area contributed by atoms with E-state index in [1.807, 2.05) is 19.1 Å². The Morgan fingerprint density at radius 2 is 2.00 bits per heavy atom. The van der Waals surface area contributed by atoms with Gasteiger partial charge in [-0.3, -0.25) is 15.1 Å². The van der Waals surface area contributed by atoms with Gasteiger partial charge in [-0.25, -0.2) is 4.98 Å². The topological polar surface area (TPSA) is 81.0 Å². The van der Waals surface area contributed by atoms with Crippen LogP contribution in [0.5, 0.6) is 0 Å². The van der Waals surface area contributed by atoms with Gasteiger partial charge in [0, 0.05) is 23.2 Å². The van der Waals surface area contributed by atoms with Gasteiger partial charge in [0.2, 0.25) is 0 Å². The molecule has 6 nitrogen and oxygen atoms in total. The van der Waals surface area contributed by atoms with Gasteiger partial charge in [-0.2, -0.15) is 0 Å². The van der Waals surface area contributed by atoms with Crippen LogP contribution in [0.4, 0.5) is 17.2 Å². The first kappa shape index (κ1) is 13.0. The second kappa shape index (κ2) is 5.16. The van der Waals surface area contributed by atoms with E-state index in [0.717, 1.165) is 16.8 Å². The summed E-state index contributed by atoms with van der Waals surface area (Å²) >= 11 is 0. The summed E-state index contributed by atoms with van der Waals surface area (Å²) in [4.78, 5) is 19.0. The van der Waals surface area contributed by atoms with Gasteiger partial charge in [0.05, 0.1) is 22.3 Å². The van der Waals surface area contributed by atoms with Crippen LogP contribution in [0, 0.1) is 17.0 Å². The molecule has 0 spiro atoms. The molecule has 21 heavy (non-hydrogen) atoms. The number of aryl methyl sites for hydroxylation is 1. The van der Waals surface area contributed by atoms with Crippen molar-refractivity contribution in [3.8, 4) is 0 Å². The van der Waals surface area contributed by atoms with Crippen LogP contribution in [-0.2, 0) is 0 Å². The van der Waals surface area contributed by atoms with Crippen LogP contribution >= 0.6 is 0 Å². The number of nitro benzene ring substituents is 1. The van der Waals surface area contributed by atoms with E-state index in [1.54, 1.807) is 24.4 Å². The summed E-state index contributed by atoms with van der Waals surface area (Å²) in [6, 6.07) is 12.0. The Morgan fingerprint density at radius 3 is 2.71 bits per heavy atom. The summed E-state index contributed by atoms with van der Waals surface area (Å²) in [5.74, 6) is 0.669. The number of anilines is 2. The standard InChI is InChI=1S/C15H12N4O2/c1-10-2-4-12(9-16-10)17-15-7-3-11-8-13(19(20)21)5-6-14(11)18-15/h2-9H,1H3,(H,17,18). The Hall–Kier alpha value is -3.02. The zero-order valence-corrected chi connectivity index (χ0v) is 11.3. The van der Waals surface area contributed by atoms with Gasteiger partial charge in [0.1, 0.15) is 5.82 Å². The van der Waals surface area contributed by atoms with Crippen LogP contribution < -0.4 is 5.32 Å². The minimum atomic E-state index is -0.413. The molecule has 2 heterocycles. The maximum absolute atomic E-state index is 10.7. The number of fused-ring (bicyclic) bond motifs is 1. The third kappa shape index (κ3) is 2.79. The van der Waals surface area contributed by atoms with E-state index in [1.165, 1.54) is 12.1 Å². The van der Waals surface area contributed by atoms with E-state index >= 15 is 0 Å². The van der Waals surface area contributed by atoms with Crippen molar-refractivity contribution in [3.63, 3.8) is 0 Å². The summed E-state index contributed by atoms with van der Waals surface area (Å²) in [6.07, 6.45) is 1.73. The number of nitrogens with one attached hydrogen (secondary N) is 1. The fraction of sp³-hybridized carbons (Fsp3) is 0.0667. The quantitative estimate of drug-likeness (QED) is 0.585. The molecule has 0 aliphatic heterocycles. The van der Waals surface area contributed by atoms with Gasteiger partial charge in [-0.05, 0) is 37.3 Å². The van der Waals surface area contributed by atoms with Gasteiger partial charge < -0.3 is 5.32 Å². The first-order valence-electron chi connectivity index (χ1n) is 6.37. The molecule has 0 atom stereocenters. The van der Waals surface area contributed by atoms with E-state index in [9.17, 15) is 10.1 Å². The van der Waals surface area contributed by atoms with Crippen molar-refractivity contribution in [2.45, 2.75) is 6.92 Å². The van der Waals surface area contributed by atoms with Crippen LogP contribution in [0.3, 0.4) is 0 Å². The number of aromatic nitrogens is 2. The summed E-state index contributed by atoms with van der Waals surface area (Å²) in [5.41, 5.74) is 2.55. The maximum Gasteiger partial charge on any atom is 0.270 e. The van der Waals surface area contributed by atoms with Gasteiger partial charge in [0.15, 0.2) is 0 Å². The highest BCUT2D eigenvalue weighted by molar-refractivity contribution is 5.83. The lowest BCUT2D eigenvalue weighted by molar-refractivity contribution is -0.384. The number of pyridine rings is 2. The van der Waals surface area contributed by atoms with Gasteiger partial charge in [-0.1, -0.05) is 0 Å². The van der Waals surface area contributed by atoms with Crippen molar-refractivity contribution in [1.82, 2.24) is 9.97 Å². The SMILES string of the molecule is Cc1ccc(Nc2ccc3cc([N+](=O)[O-])ccc3n2)cn1. The minimum Gasteiger partial charge on any atom is -0.339 e. The van der Waals surface area contributed by atoms with Gasteiger partial charge in [0.25, 0.3) is 5.69 Å². The summed E-state index contributed by atoms with van der Waals surface area (Å²) < 4.78 is 0. The number of non-ortho nitro benzene ring substituents is 1. The summed E-state index contributed by atoms with van der Waals surface area (Å²) in [6.45, 7) is 1.92. The highest BCUT2D eigenvalue weighted by atomic mass is 16.6. The molecule has 0 radical (unpaired) electrons. The summed E-state index contributed by atoms with van der Waals surface area (Å²) in [7, 11) is 0. The molecular formula is C15H12N4O2. The molecule has 0 bridgehead atoms. The molecular weight excluding hydrogens is 268 g/mol. The lowest BCUT2D eigenvalue weighted by Gasteiger charge is -2.06. The van der Waals surface area contributed by atoms with Crippen molar-refractivity contribution in [1.29, 1.82) is 0 Å². The zero-order valence-electron chi connectivity index (χ0n) is 11.3. The van der Waals surface area contributed by atoms with E-state index in [0.29, 0.717) is 11.3 Å². The second-order valence-corrected chi connectivity index (χ2v) is 4.64. The van der Waals surface area contributed by atoms with Crippen molar-refractivity contribution < 1.29 is 4.92 Å². The largest absolute Gasteiger partial charge is 0.339 e. The molecule has 1 aromatic carbocycles. The van der Waals surface area contributed by atoms with Crippen molar-refractivity contribution in [2.75, 3.05) is 5.32 Å². The molecule has 2 aromatic heterocycles. The molecule has 0 fully saturated rings. The smallest absolute Gasteiger partial charge is 0.270 e. The molecule has 0 saturated heterocycles. The van der Waals surface area contributed by atoms with Gasteiger partial charge >= 0.3 is 0 Å². The number of benzene rings is 1. The molecule has 0 aliphatic carbocycles. The van der Waals surface area contributed by atoms with Gasteiger partial charge in [-0.15, -0.1) is 0 Å². The highest BCUT2D eigenvalue weighted by Gasteiger charge is 2.07. The van der Waals surface area contributed by atoms with Crippen LogP contribution in [0.1, 0.15) is 5.69 Å². The highest BCUT2D eigenvalue weighted by Crippen LogP contribution is 2.22. The Bertz CT molecular complexity index is 816. The lowest BCUT2D eigenvalue weighted by Crippen LogP contribution is -1.95. The Morgan fingerprint density at radius 1 is 1.14 bits per heavy atom. The zero-order chi connectivity index (χ0) is 14.8. The van der Waals surface area contributed by atoms with Crippen LogP contribution in [-0.4, -0.2) is 14.9 Å². The fourth-order valence-electron chi connectivity index (χ4n) is 1.99. The van der Waals surface area contributed by atoms with E-state index in [-0.39, 0.29) is 5.69 Å². The molecule has 0 unspecified atom stereocenters. The molecule has 104 valence electrons. The fourth-order valence-corrected chi connectivity index (χ4v) is 1.99. The molecule has 0 saturated carbocycles. The normalized spacial score (nSPS) is 10.5. The summed E-state index contributed by atoms with van der Waals surface area (Å²) in [5, 5.41) is 14.6. The number of rotatable bonds is 3. The van der Waals surface area contributed by atoms with E-state index < -0.39 is 4.92 Å². The first-order chi connectivity index (χ1) is 10.1. The lowest BCUT2D eigenvalue weighted by atomic mass is 10.2. The third-order valence-electron chi connectivity index (χ3n) is 3.07. The van der Waals surface area contributed by atoms with E-state index in [4.69, 9.17) is 0 Å². The molecule has 6 heteroatoms. The maximum atomic E-state index is 10.7. The molecule has 0 amide bonds. The van der Waals surface area contributed by atoms with Crippen LogP contribution in [0.25, 0.3) is 10.9 Å². The average Bonchev–Trinajstić information content (AvgIpc) is 2.49. The van der Waals surface area contributed by atoms with Crippen LogP contribution in [0.2, 0.25) is 0 Å².